The number of nitrogens with one attached hydrogen (secondary N) is 2. The van der Waals surface area contributed by atoms with E-state index < -0.39 is 0 Å². The topological polar surface area (TPSA) is 48.6 Å². The maximum atomic E-state index is 10.7. The minimum absolute atomic E-state index is 0.0143. The second-order valence-corrected chi connectivity index (χ2v) is 3.49. The van der Waals surface area contributed by atoms with Gasteiger partial charge in [0.1, 0.15) is 0 Å². The third-order valence-corrected chi connectivity index (χ3v) is 2.43. The van der Waals surface area contributed by atoms with Crippen molar-refractivity contribution < 1.29 is 0 Å². The first kappa shape index (κ1) is 6.70. The number of aromatic nitrogens is 2. The number of hydrogen-bond acceptors (Lipinski definition) is 1. The first-order valence-electron chi connectivity index (χ1n) is 4.03. The summed E-state index contributed by atoms with van der Waals surface area (Å²) in [6.07, 6.45) is 2.43. The Bertz CT molecular complexity index is 293. The monoisotopic (exact) mass is 152 g/mol. The number of aromatic amines is 2. The predicted molar refractivity (Wildman–Crippen MR) is 42.6 cm³/mol. The van der Waals surface area contributed by atoms with Crippen LogP contribution in [0, 0.1) is 5.92 Å². The van der Waals surface area contributed by atoms with Gasteiger partial charge in [-0.25, -0.2) is 0 Å². The van der Waals surface area contributed by atoms with Crippen LogP contribution in [0.2, 0.25) is 0 Å². The lowest BCUT2D eigenvalue weighted by Crippen LogP contribution is -2.19. The highest BCUT2D eigenvalue weighted by atomic mass is 16.1. The van der Waals surface area contributed by atoms with E-state index in [2.05, 4.69) is 17.1 Å². The van der Waals surface area contributed by atoms with Gasteiger partial charge in [0.2, 0.25) is 0 Å². The molecule has 0 spiro atoms. The predicted octanol–water partition coefficient (Wildman–Crippen LogP) is 1.22. The molecule has 0 saturated heterocycles. The highest BCUT2D eigenvalue weighted by Gasteiger charge is 2.27. The molecule has 0 aromatic carbocycles. The van der Waals surface area contributed by atoms with Gasteiger partial charge in [0.25, 0.3) is 5.56 Å². The van der Waals surface area contributed by atoms with Gasteiger partial charge in [-0.15, -0.1) is 0 Å². The maximum Gasteiger partial charge on any atom is 0.264 e. The highest BCUT2D eigenvalue weighted by molar-refractivity contribution is 5.09. The number of hydrogen-bond donors (Lipinski definition) is 2. The van der Waals surface area contributed by atoms with Crippen LogP contribution in [-0.2, 0) is 0 Å². The Morgan fingerprint density at radius 1 is 1.45 bits per heavy atom. The molecule has 1 aliphatic rings. The smallest absolute Gasteiger partial charge is 0.264 e. The highest BCUT2D eigenvalue weighted by Crippen LogP contribution is 2.39. The number of H-pyrrole nitrogens is 2. The van der Waals surface area contributed by atoms with E-state index in [9.17, 15) is 4.79 Å². The molecule has 0 amide bonds. The van der Waals surface area contributed by atoms with Gasteiger partial charge in [-0.05, 0) is 18.8 Å². The second-order valence-electron chi connectivity index (χ2n) is 3.49. The van der Waals surface area contributed by atoms with E-state index in [1.807, 2.05) is 0 Å². The van der Waals surface area contributed by atoms with Crippen molar-refractivity contribution >= 4 is 0 Å². The van der Waals surface area contributed by atoms with Crippen LogP contribution < -0.4 is 5.56 Å². The zero-order valence-electron chi connectivity index (χ0n) is 6.55. The van der Waals surface area contributed by atoms with Crippen molar-refractivity contribution in [3.05, 3.63) is 22.1 Å². The third-order valence-electron chi connectivity index (χ3n) is 2.43. The molecule has 3 heteroatoms. The summed E-state index contributed by atoms with van der Waals surface area (Å²) in [5.74, 6) is 1.43. The Labute approximate surface area is 64.8 Å². The molecule has 1 fully saturated rings. The van der Waals surface area contributed by atoms with Crippen molar-refractivity contribution in [1.29, 1.82) is 0 Å². The fraction of sp³-hybridized carbons (Fsp3) is 0.625. The summed E-state index contributed by atoms with van der Waals surface area (Å²) in [6.45, 7) is 2.24. The van der Waals surface area contributed by atoms with Gasteiger partial charge in [-0.1, -0.05) is 6.92 Å². The molecule has 3 nitrogen and oxygen atoms in total. The second kappa shape index (κ2) is 2.26. The van der Waals surface area contributed by atoms with Gasteiger partial charge in [0, 0.05) is 17.7 Å². The van der Waals surface area contributed by atoms with Crippen LogP contribution >= 0.6 is 0 Å². The Morgan fingerprint density at radius 3 is 2.64 bits per heavy atom. The normalized spacial score (nSPS) is 29.9. The summed E-state index contributed by atoms with van der Waals surface area (Å²) in [5.41, 5.74) is 1.06. The van der Waals surface area contributed by atoms with Crippen LogP contribution in [0.15, 0.2) is 10.9 Å². The van der Waals surface area contributed by atoms with Gasteiger partial charge in [0.15, 0.2) is 0 Å². The van der Waals surface area contributed by atoms with Gasteiger partial charge in [0.05, 0.1) is 0 Å². The van der Waals surface area contributed by atoms with Crippen LogP contribution in [-0.4, -0.2) is 10.2 Å². The quantitative estimate of drug-likeness (QED) is 0.624. The van der Waals surface area contributed by atoms with E-state index in [-0.39, 0.29) is 5.56 Å². The summed E-state index contributed by atoms with van der Waals surface area (Å²) in [7, 11) is 0. The van der Waals surface area contributed by atoms with E-state index in [4.69, 9.17) is 0 Å². The maximum absolute atomic E-state index is 10.7. The molecule has 0 aliphatic heterocycles. The van der Waals surface area contributed by atoms with Crippen LogP contribution in [0.5, 0.6) is 0 Å². The van der Waals surface area contributed by atoms with Crippen molar-refractivity contribution in [1.82, 2.24) is 10.2 Å². The van der Waals surface area contributed by atoms with Crippen LogP contribution in [0.25, 0.3) is 0 Å². The Hall–Kier alpha value is -0.990. The van der Waals surface area contributed by atoms with Gasteiger partial charge in [-0.2, -0.15) is 0 Å². The Morgan fingerprint density at radius 2 is 2.18 bits per heavy atom. The molecule has 0 radical (unpaired) electrons. The molecule has 1 aromatic rings. The minimum Gasteiger partial charge on any atom is -0.302 e. The van der Waals surface area contributed by atoms with Crippen LogP contribution in [0.3, 0.4) is 0 Å². The van der Waals surface area contributed by atoms with E-state index in [0.717, 1.165) is 11.6 Å². The lowest BCUT2D eigenvalue weighted by molar-refractivity contribution is 0.283. The summed E-state index contributed by atoms with van der Waals surface area (Å²) < 4.78 is 0. The van der Waals surface area contributed by atoms with Crippen LogP contribution in [0.4, 0.5) is 0 Å². The average Bonchev–Trinajstić information content (AvgIpc) is 2.29. The Kier molecular flexibility index (Phi) is 1.37. The zero-order valence-corrected chi connectivity index (χ0v) is 6.55. The summed E-state index contributed by atoms with van der Waals surface area (Å²) >= 11 is 0. The molecular formula is C8H12N2O. The largest absolute Gasteiger partial charge is 0.302 e. The SMILES string of the molecule is CC1CC(c2cc(=O)[nH][nH]2)C1. The van der Waals surface area contributed by atoms with E-state index in [1.54, 1.807) is 6.07 Å². The van der Waals surface area contributed by atoms with E-state index in [0.29, 0.717) is 5.92 Å². The molecule has 0 bridgehead atoms. The molecule has 1 saturated carbocycles. The Balaban J connectivity index is 2.13. The molecule has 0 unspecified atom stereocenters. The molecule has 2 rings (SSSR count). The van der Waals surface area contributed by atoms with Crippen molar-refractivity contribution in [2.24, 2.45) is 5.92 Å². The van der Waals surface area contributed by atoms with Gasteiger partial charge < -0.3 is 5.10 Å². The van der Waals surface area contributed by atoms with E-state index >= 15 is 0 Å². The molecule has 1 aliphatic carbocycles. The average molecular weight is 152 g/mol. The molecular weight excluding hydrogens is 140 g/mol. The van der Waals surface area contributed by atoms with Crippen molar-refractivity contribution in [2.45, 2.75) is 25.7 Å². The first-order valence-corrected chi connectivity index (χ1v) is 4.03. The molecule has 60 valence electrons. The van der Waals surface area contributed by atoms with Crippen LogP contribution in [0.1, 0.15) is 31.4 Å². The molecule has 1 aromatic heterocycles. The van der Waals surface area contributed by atoms with Crippen molar-refractivity contribution in [3.8, 4) is 0 Å². The van der Waals surface area contributed by atoms with Gasteiger partial charge >= 0.3 is 0 Å². The summed E-state index contributed by atoms with van der Waals surface area (Å²) in [4.78, 5) is 10.7. The van der Waals surface area contributed by atoms with Gasteiger partial charge in [-0.3, -0.25) is 9.89 Å². The number of rotatable bonds is 1. The standard InChI is InChI=1S/C8H12N2O/c1-5-2-6(3-5)7-4-8(11)10-9-7/h4-6H,2-3H2,1H3,(H2,9,10,11). The molecule has 2 N–H and O–H groups in total. The lowest BCUT2D eigenvalue weighted by Gasteiger charge is -2.31. The van der Waals surface area contributed by atoms with Crippen molar-refractivity contribution in [3.63, 3.8) is 0 Å². The molecule has 1 heterocycles. The summed E-state index contributed by atoms with van der Waals surface area (Å²) in [6, 6.07) is 1.66. The molecule has 0 atom stereocenters. The lowest BCUT2D eigenvalue weighted by atomic mass is 9.74. The molecule has 11 heavy (non-hydrogen) atoms. The first-order chi connectivity index (χ1) is 5.25. The fourth-order valence-corrected chi connectivity index (χ4v) is 1.72. The fourth-order valence-electron chi connectivity index (χ4n) is 1.72. The van der Waals surface area contributed by atoms with Crippen molar-refractivity contribution in [2.75, 3.05) is 0 Å². The summed E-state index contributed by atoms with van der Waals surface area (Å²) in [5, 5.41) is 5.44. The minimum atomic E-state index is -0.0143. The van der Waals surface area contributed by atoms with E-state index in [1.165, 1.54) is 12.8 Å². The zero-order chi connectivity index (χ0) is 7.84. The third kappa shape index (κ3) is 1.11.